The molecule has 2 N–H and O–H groups in total. The first-order chi connectivity index (χ1) is 14.1. The van der Waals surface area contributed by atoms with Gasteiger partial charge in [0.25, 0.3) is 0 Å². The Balaban J connectivity index is 1.59. The number of aliphatic carboxylic acids is 1. The molecule has 0 saturated carbocycles. The Morgan fingerprint density at radius 3 is 2.62 bits per heavy atom. The minimum Gasteiger partial charge on any atom is -0.496 e. The molecule has 0 bridgehead atoms. The van der Waals surface area contributed by atoms with E-state index in [1.165, 1.54) is 5.56 Å². The molecule has 3 rings (SSSR count). The van der Waals surface area contributed by atoms with Gasteiger partial charge in [0.2, 0.25) is 5.91 Å². The van der Waals surface area contributed by atoms with E-state index in [-0.39, 0.29) is 18.5 Å². The number of carboxylic acids is 1. The zero-order valence-corrected chi connectivity index (χ0v) is 16.7. The van der Waals surface area contributed by atoms with Crippen molar-refractivity contribution in [1.82, 2.24) is 10.2 Å². The third-order valence-corrected chi connectivity index (χ3v) is 5.43. The maximum absolute atomic E-state index is 12.8. The number of carbonyl (C=O) groups is 2. The molecule has 0 unspecified atom stereocenters. The van der Waals surface area contributed by atoms with E-state index in [2.05, 4.69) is 22.3 Å². The molecule has 1 saturated heterocycles. The van der Waals surface area contributed by atoms with Crippen LogP contribution in [0.4, 0.5) is 0 Å². The number of hydrogen-bond donors (Lipinski definition) is 2. The van der Waals surface area contributed by atoms with E-state index in [4.69, 9.17) is 4.74 Å². The number of nitrogens with zero attached hydrogens (tertiary/aromatic N) is 1. The van der Waals surface area contributed by atoms with Crippen LogP contribution in [0, 0.1) is 5.92 Å². The number of para-hydroxylation sites is 1. The van der Waals surface area contributed by atoms with Gasteiger partial charge in [-0.05, 0) is 43.0 Å². The summed E-state index contributed by atoms with van der Waals surface area (Å²) in [5.41, 5.74) is 2.00. The van der Waals surface area contributed by atoms with Crippen molar-refractivity contribution in [3.8, 4) is 5.75 Å². The van der Waals surface area contributed by atoms with E-state index in [9.17, 15) is 14.7 Å². The van der Waals surface area contributed by atoms with Gasteiger partial charge in [0.15, 0.2) is 0 Å². The lowest BCUT2D eigenvalue weighted by Crippen LogP contribution is -2.45. The van der Waals surface area contributed by atoms with E-state index in [0.29, 0.717) is 12.2 Å². The summed E-state index contributed by atoms with van der Waals surface area (Å²) in [6.45, 7) is 1.70. The first-order valence-corrected chi connectivity index (χ1v) is 9.99. The quantitative estimate of drug-likeness (QED) is 0.681. The van der Waals surface area contributed by atoms with Crippen molar-refractivity contribution in [1.29, 1.82) is 0 Å². The second-order valence-corrected chi connectivity index (χ2v) is 7.41. The lowest BCUT2D eigenvalue weighted by molar-refractivity contribution is -0.141. The molecular formula is C23H28N2O4. The number of carbonyl (C=O) groups excluding carboxylic acids is 1. The zero-order chi connectivity index (χ0) is 20.6. The maximum Gasteiger partial charge on any atom is 0.308 e. The van der Waals surface area contributed by atoms with Gasteiger partial charge >= 0.3 is 5.97 Å². The van der Waals surface area contributed by atoms with Gasteiger partial charge in [-0.25, -0.2) is 0 Å². The Labute approximate surface area is 171 Å². The Morgan fingerprint density at radius 2 is 1.90 bits per heavy atom. The predicted molar refractivity (Wildman–Crippen MR) is 111 cm³/mol. The predicted octanol–water partition coefficient (Wildman–Crippen LogP) is 2.72. The Bertz CT molecular complexity index is 825. The molecule has 6 heteroatoms. The van der Waals surface area contributed by atoms with Crippen LogP contribution >= 0.6 is 0 Å². The summed E-state index contributed by atoms with van der Waals surface area (Å²) in [5.74, 6) is -1.07. The molecule has 29 heavy (non-hydrogen) atoms. The van der Waals surface area contributed by atoms with Crippen LogP contribution in [0.25, 0.3) is 0 Å². The smallest absolute Gasteiger partial charge is 0.308 e. The Morgan fingerprint density at radius 1 is 1.17 bits per heavy atom. The highest BCUT2D eigenvalue weighted by molar-refractivity contribution is 5.82. The highest BCUT2D eigenvalue weighted by Crippen LogP contribution is 2.22. The van der Waals surface area contributed by atoms with E-state index >= 15 is 0 Å². The first kappa shape index (κ1) is 20.9. The fraction of sp³-hybridized carbons (Fsp3) is 0.391. The number of carboxylic acid groups (broad SMARTS) is 1. The van der Waals surface area contributed by atoms with E-state index in [1.807, 2.05) is 42.5 Å². The molecule has 6 nitrogen and oxygen atoms in total. The largest absolute Gasteiger partial charge is 0.496 e. The van der Waals surface area contributed by atoms with Crippen LogP contribution in [0.1, 0.15) is 24.0 Å². The summed E-state index contributed by atoms with van der Waals surface area (Å²) in [7, 11) is 1.57. The minimum absolute atomic E-state index is 0.0929. The van der Waals surface area contributed by atoms with Gasteiger partial charge in [-0.3, -0.25) is 14.5 Å². The number of likely N-dealkylation sites (tertiary alicyclic amines) is 1. The topological polar surface area (TPSA) is 78.9 Å². The van der Waals surface area contributed by atoms with Gasteiger partial charge < -0.3 is 15.2 Å². The number of nitrogens with one attached hydrogen (secondary N) is 1. The molecule has 1 heterocycles. The second kappa shape index (κ2) is 10.1. The van der Waals surface area contributed by atoms with Gasteiger partial charge in [0.1, 0.15) is 5.75 Å². The van der Waals surface area contributed by atoms with Crippen LogP contribution in [0.15, 0.2) is 54.6 Å². The van der Waals surface area contributed by atoms with Crippen LogP contribution < -0.4 is 10.1 Å². The average molecular weight is 396 g/mol. The number of ether oxygens (including phenoxy) is 1. The molecule has 1 amide bonds. The molecule has 0 radical (unpaired) electrons. The molecule has 2 aromatic carbocycles. The van der Waals surface area contributed by atoms with Crippen molar-refractivity contribution in [2.45, 2.75) is 31.8 Å². The summed E-state index contributed by atoms with van der Waals surface area (Å²) in [6, 6.07) is 17.2. The number of amides is 1. The van der Waals surface area contributed by atoms with Gasteiger partial charge in [-0.1, -0.05) is 48.5 Å². The van der Waals surface area contributed by atoms with Gasteiger partial charge in [0, 0.05) is 13.1 Å². The van der Waals surface area contributed by atoms with Crippen LogP contribution in [0.5, 0.6) is 5.75 Å². The van der Waals surface area contributed by atoms with E-state index in [0.717, 1.165) is 31.5 Å². The molecule has 0 aromatic heterocycles. The SMILES string of the molecule is COc1ccccc1C[C@H](CNC(=O)[C@H]1CCCN1Cc1ccccc1)C(=O)O. The molecule has 2 atom stereocenters. The highest BCUT2D eigenvalue weighted by atomic mass is 16.5. The third-order valence-electron chi connectivity index (χ3n) is 5.43. The number of hydrogen-bond acceptors (Lipinski definition) is 4. The molecule has 154 valence electrons. The van der Waals surface area contributed by atoms with Gasteiger partial charge in [-0.15, -0.1) is 0 Å². The standard InChI is InChI=1S/C23H28N2O4/c1-29-21-12-6-5-10-18(21)14-19(23(27)28)15-24-22(26)20-11-7-13-25(20)16-17-8-3-2-4-9-17/h2-6,8-10,12,19-20H,7,11,13-16H2,1H3,(H,24,26)(H,27,28)/t19-,20-/m1/s1. The highest BCUT2D eigenvalue weighted by Gasteiger charge is 2.31. The molecule has 0 aliphatic carbocycles. The van der Waals surface area contributed by atoms with E-state index < -0.39 is 11.9 Å². The molecular weight excluding hydrogens is 368 g/mol. The van der Waals surface area contributed by atoms with Gasteiger partial charge in [0.05, 0.1) is 19.1 Å². The van der Waals surface area contributed by atoms with Crippen molar-refractivity contribution in [3.05, 3.63) is 65.7 Å². The fourth-order valence-electron chi connectivity index (χ4n) is 3.86. The van der Waals surface area contributed by atoms with Crippen LogP contribution in [-0.4, -0.2) is 48.1 Å². The van der Waals surface area contributed by atoms with E-state index in [1.54, 1.807) is 7.11 Å². The molecule has 1 aliphatic rings. The van der Waals surface area contributed by atoms with Crippen molar-refractivity contribution in [2.24, 2.45) is 5.92 Å². The number of rotatable bonds is 9. The van der Waals surface area contributed by atoms with Crippen molar-refractivity contribution in [2.75, 3.05) is 20.2 Å². The Hall–Kier alpha value is -2.86. The lowest BCUT2D eigenvalue weighted by Gasteiger charge is -2.24. The van der Waals surface area contributed by atoms with Crippen LogP contribution in [0.3, 0.4) is 0 Å². The average Bonchev–Trinajstić information content (AvgIpc) is 3.19. The maximum atomic E-state index is 12.8. The molecule has 2 aromatic rings. The Kier molecular flexibility index (Phi) is 7.25. The van der Waals surface area contributed by atoms with Crippen molar-refractivity contribution >= 4 is 11.9 Å². The second-order valence-electron chi connectivity index (χ2n) is 7.41. The fourth-order valence-corrected chi connectivity index (χ4v) is 3.86. The third kappa shape index (κ3) is 5.57. The lowest BCUT2D eigenvalue weighted by atomic mass is 9.98. The van der Waals surface area contributed by atoms with Crippen LogP contribution in [0.2, 0.25) is 0 Å². The summed E-state index contributed by atoms with van der Waals surface area (Å²) in [6.07, 6.45) is 2.06. The normalized spacial score (nSPS) is 17.6. The molecule has 1 fully saturated rings. The minimum atomic E-state index is -0.927. The van der Waals surface area contributed by atoms with Crippen LogP contribution in [-0.2, 0) is 22.6 Å². The number of benzene rings is 2. The van der Waals surface area contributed by atoms with Crippen molar-refractivity contribution in [3.63, 3.8) is 0 Å². The summed E-state index contributed by atoms with van der Waals surface area (Å²) < 4.78 is 5.32. The summed E-state index contributed by atoms with van der Waals surface area (Å²) in [5, 5.41) is 12.5. The molecule has 0 spiro atoms. The zero-order valence-electron chi connectivity index (χ0n) is 16.7. The summed E-state index contributed by atoms with van der Waals surface area (Å²) >= 11 is 0. The first-order valence-electron chi connectivity index (χ1n) is 9.99. The molecule has 1 aliphatic heterocycles. The van der Waals surface area contributed by atoms with Crippen molar-refractivity contribution < 1.29 is 19.4 Å². The number of methoxy groups -OCH3 is 1. The monoisotopic (exact) mass is 396 g/mol. The summed E-state index contributed by atoms with van der Waals surface area (Å²) in [4.78, 5) is 26.7. The van der Waals surface area contributed by atoms with Gasteiger partial charge in [-0.2, -0.15) is 0 Å².